The lowest BCUT2D eigenvalue weighted by Crippen LogP contribution is -2.37. The monoisotopic (exact) mass is 355 g/mol. The fourth-order valence-corrected chi connectivity index (χ4v) is 3.32. The van der Waals surface area contributed by atoms with Gasteiger partial charge in [-0.15, -0.1) is 0 Å². The van der Waals surface area contributed by atoms with E-state index in [1.165, 1.54) is 17.0 Å². The first-order valence-corrected chi connectivity index (χ1v) is 8.55. The van der Waals surface area contributed by atoms with Crippen LogP contribution < -0.4 is 10.2 Å². The lowest BCUT2D eigenvalue weighted by molar-refractivity contribution is -0.116. The summed E-state index contributed by atoms with van der Waals surface area (Å²) in [6.07, 6.45) is 0. The summed E-state index contributed by atoms with van der Waals surface area (Å²) < 4.78 is 13.0. The van der Waals surface area contributed by atoms with Gasteiger partial charge in [-0.25, -0.2) is 9.18 Å². The molecule has 6 heteroatoms. The van der Waals surface area contributed by atoms with Crippen molar-refractivity contribution in [2.75, 3.05) is 29.9 Å². The number of urea groups is 1. The Morgan fingerprint density at radius 2 is 1.69 bits per heavy atom. The van der Waals surface area contributed by atoms with Crippen LogP contribution in [-0.4, -0.2) is 36.5 Å². The van der Waals surface area contributed by atoms with Gasteiger partial charge in [0.25, 0.3) is 0 Å². The van der Waals surface area contributed by atoms with Crippen molar-refractivity contribution in [3.8, 4) is 0 Å². The van der Waals surface area contributed by atoms with Gasteiger partial charge in [-0.3, -0.25) is 9.69 Å². The second-order valence-corrected chi connectivity index (χ2v) is 6.65. The van der Waals surface area contributed by atoms with Crippen molar-refractivity contribution in [2.24, 2.45) is 0 Å². The van der Waals surface area contributed by atoms with Crippen molar-refractivity contribution in [1.29, 1.82) is 0 Å². The van der Waals surface area contributed by atoms with E-state index in [-0.39, 0.29) is 24.3 Å². The van der Waals surface area contributed by atoms with Gasteiger partial charge >= 0.3 is 6.03 Å². The molecule has 2 aromatic rings. The molecule has 0 unspecified atom stereocenters. The standard InChI is InChI=1S/C20H22FN3O2/c1-13-10-14(2)19(15(3)11-13)22-18(25)12-23-8-9-24(20(23)26)17-6-4-16(21)5-7-17/h4-7,10-11H,8-9,12H2,1-3H3,(H,22,25). The molecule has 3 rings (SSSR count). The van der Waals surface area contributed by atoms with Gasteiger partial charge in [0, 0.05) is 24.5 Å². The van der Waals surface area contributed by atoms with E-state index in [9.17, 15) is 14.0 Å². The number of hydrogen-bond acceptors (Lipinski definition) is 2. The van der Waals surface area contributed by atoms with E-state index in [1.54, 1.807) is 17.0 Å². The van der Waals surface area contributed by atoms with Crippen LogP contribution in [0.4, 0.5) is 20.6 Å². The fraction of sp³-hybridized carbons (Fsp3) is 0.300. The number of aryl methyl sites for hydroxylation is 3. The van der Waals surface area contributed by atoms with Crippen LogP contribution >= 0.6 is 0 Å². The summed E-state index contributed by atoms with van der Waals surface area (Å²) in [7, 11) is 0. The Morgan fingerprint density at radius 3 is 2.31 bits per heavy atom. The summed E-state index contributed by atoms with van der Waals surface area (Å²) in [4.78, 5) is 28.0. The summed E-state index contributed by atoms with van der Waals surface area (Å²) >= 11 is 0. The van der Waals surface area contributed by atoms with Crippen molar-refractivity contribution in [3.63, 3.8) is 0 Å². The Balaban J connectivity index is 1.65. The third kappa shape index (κ3) is 3.69. The molecule has 3 amide bonds. The maximum atomic E-state index is 13.0. The minimum absolute atomic E-state index is 0.0106. The molecule has 0 radical (unpaired) electrons. The third-order valence-electron chi connectivity index (χ3n) is 4.51. The Bertz CT molecular complexity index is 826. The highest BCUT2D eigenvalue weighted by molar-refractivity contribution is 5.99. The lowest BCUT2D eigenvalue weighted by atomic mass is 10.1. The first kappa shape index (κ1) is 17.9. The molecular formula is C20H22FN3O2. The fourth-order valence-electron chi connectivity index (χ4n) is 3.32. The van der Waals surface area contributed by atoms with Gasteiger partial charge in [0.05, 0.1) is 0 Å². The summed E-state index contributed by atoms with van der Waals surface area (Å²) in [6, 6.07) is 9.55. The zero-order chi connectivity index (χ0) is 18.8. The van der Waals surface area contributed by atoms with Crippen LogP contribution in [0.15, 0.2) is 36.4 Å². The highest BCUT2D eigenvalue weighted by atomic mass is 19.1. The molecule has 1 aliphatic rings. The third-order valence-corrected chi connectivity index (χ3v) is 4.51. The van der Waals surface area contributed by atoms with E-state index in [4.69, 9.17) is 0 Å². The first-order valence-electron chi connectivity index (χ1n) is 8.55. The maximum absolute atomic E-state index is 13.0. The highest BCUT2D eigenvalue weighted by Gasteiger charge is 2.30. The van der Waals surface area contributed by atoms with Crippen LogP contribution in [0.25, 0.3) is 0 Å². The Kier molecular flexibility index (Phi) is 4.93. The van der Waals surface area contributed by atoms with E-state index >= 15 is 0 Å². The Morgan fingerprint density at radius 1 is 1.08 bits per heavy atom. The highest BCUT2D eigenvalue weighted by Crippen LogP contribution is 2.23. The average Bonchev–Trinajstić information content (AvgIpc) is 2.92. The van der Waals surface area contributed by atoms with Crippen molar-refractivity contribution in [1.82, 2.24) is 4.90 Å². The molecule has 0 spiro atoms. The molecule has 26 heavy (non-hydrogen) atoms. The number of rotatable bonds is 4. The Labute approximate surface area is 152 Å². The molecule has 0 aliphatic carbocycles. The molecule has 0 saturated carbocycles. The molecule has 1 fully saturated rings. The molecule has 136 valence electrons. The molecular weight excluding hydrogens is 333 g/mol. The minimum atomic E-state index is -0.347. The van der Waals surface area contributed by atoms with Gasteiger partial charge in [0.1, 0.15) is 12.4 Å². The van der Waals surface area contributed by atoms with E-state index < -0.39 is 0 Å². The maximum Gasteiger partial charge on any atom is 0.325 e. The zero-order valence-electron chi connectivity index (χ0n) is 15.2. The predicted octanol–water partition coefficient (Wildman–Crippen LogP) is 3.63. The second kappa shape index (κ2) is 7.15. The number of nitrogens with one attached hydrogen (secondary N) is 1. The Hall–Kier alpha value is -2.89. The van der Waals surface area contributed by atoms with E-state index in [0.717, 1.165) is 22.4 Å². The van der Waals surface area contributed by atoms with Gasteiger partial charge in [-0.2, -0.15) is 0 Å². The van der Waals surface area contributed by atoms with Crippen molar-refractivity contribution in [2.45, 2.75) is 20.8 Å². The normalized spacial score (nSPS) is 14.1. The van der Waals surface area contributed by atoms with Gasteiger partial charge in [-0.05, 0) is 56.2 Å². The van der Waals surface area contributed by atoms with Crippen LogP contribution in [0.2, 0.25) is 0 Å². The molecule has 1 saturated heterocycles. The van der Waals surface area contributed by atoms with Crippen LogP contribution in [0.5, 0.6) is 0 Å². The van der Waals surface area contributed by atoms with Crippen LogP contribution in [0.1, 0.15) is 16.7 Å². The number of anilines is 2. The molecule has 1 heterocycles. The molecule has 0 bridgehead atoms. The SMILES string of the molecule is Cc1cc(C)c(NC(=O)CN2CCN(c3ccc(F)cc3)C2=O)c(C)c1. The van der Waals surface area contributed by atoms with Gasteiger partial charge in [0.2, 0.25) is 5.91 Å². The molecule has 1 aliphatic heterocycles. The van der Waals surface area contributed by atoms with Crippen LogP contribution in [-0.2, 0) is 4.79 Å². The number of carbonyl (C=O) groups is 2. The van der Waals surface area contributed by atoms with Crippen molar-refractivity contribution >= 4 is 23.3 Å². The lowest BCUT2D eigenvalue weighted by Gasteiger charge is -2.19. The number of carbonyl (C=O) groups excluding carboxylic acids is 2. The summed E-state index contributed by atoms with van der Waals surface area (Å²) in [5.41, 5.74) is 4.56. The number of amides is 3. The number of nitrogens with zero attached hydrogens (tertiary/aromatic N) is 2. The largest absolute Gasteiger partial charge is 0.325 e. The molecule has 1 N–H and O–H groups in total. The summed E-state index contributed by atoms with van der Waals surface area (Å²) in [5.74, 6) is -0.574. The van der Waals surface area contributed by atoms with E-state index in [0.29, 0.717) is 18.8 Å². The molecule has 5 nitrogen and oxygen atoms in total. The van der Waals surface area contributed by atoms with E-state index in [2.05, 4.69) is 5.32 Å². The summed E-state index contributed by atoms with van der Waals surface area (Å²) in [6.45, 7) is 6.83. The summed E-state index contributed by atoms with van der Waals surface area (Å²) in [5, 5.41) is 2.91. The number of halogens is 1. The van der Waals surface area contributed by atoms with Crippen LogP contribution in [0.3, 0.4) is 0 Å². The molecule has 0 aromatic heterocycles. The smallest absolute Gasteiger partial charge is 0.324 e. The van der Waals surface area contributed by atoms with Gasteiger partial charge < -0.3 is 10.2 Å². The second-order valence-electron chi connectivity index (χ2n) is 6.65. The van der Waals surface area contributed by atoms with Crippen molar-refractivity contribution < 1.29 is 14.0 Å². The molecule has 0 atom stereocenters. The number of hydrogen-bond donors (Lipinski definition) is 1. The van der Waals surface area contributed by atoms with Crippen LogP contribution in [0, 0.1) is 26.6 Å². The minimum Gasteiger partial charge on any atom is -0.324 e. The predicted molar refractivity (Wildman–Crippen MR) is 100.0 cm³/mol. The van der Waals surface area contributed by atoms with Crippen molar-refractivity contribution in [3.05, 3.63) is 58.9 Å². The average molecular weight is 355 g/mol. The zero-order valence-corrected chi connectivity index (χ0v) is 15.2. The quantitative estimate of drug-likeness (QED) is 0.910. The topological polar surface area (TPSA) is 52.7 Å². The van der Waals surface area contributed by atoms with E-state index in [1.807, 2.05) is 32.9 Å². The van der Waals surface area contributed by atoms with Gasteiger partial charge in [-0.1, -0.05) is 17.7 Å². The van der Waals surface area contributed by atoms with Gasteiger partial charge in [0.15, 0.2) is 0 Å². The number of benzene rings is 2. The first-order chi connectivity index (χ1) is 12.3. The molecule has 2 aromatic carbocycles.